The van der Waals surface area contributed by atoms with E-state index in [1.807, 2.05) is 12.1 Å². The highest BCUT2D eigenvalue weighted by atomic mass is 127. The van der Waals surface area contributed by atoms with Crippen molar-refractivity contribution in [2.75, 3.05) is 63.5 Å². The molecule has 0 aromatic heterocycles. The van der Waals surface area contributed by atoms with E-state index in [2.05, 4.69) is 22.0 Å². The van der Waals surface area contributed by atoms with E-state index < -0.39 is 10.0 Å². The number of aliphatic imine (C=N–C) groups is 1. The number of piperidine rings is 1. The third-order valence-corrected chi connectivity index (χ3v) is 6.95. The molecular weight excluding hydrogens is 520 g/mol. The average molecular weight is 553 g/mol. The molecule has 1 N–H and O–H groups in total. The Kier molecular flexibility index (Phi) is 9.61. The van der Waals surface area contributed by atoms with Gasteiger partial charge in [-0.25, -0.2) is 17.1 Å². The molecule has 7 nitrogen and oxygen atoms in total. The number of guanidine groups is 1. The van der Waals surface area contributed by atoms with Crippen LogP contribution in [0.5, 0.6) is 0 Å². The number of benzene rings is 1. The summed E-state index contributed by atoms with van der Waals surface area (Å²) in [5.74, 6) is 1.12. The van der Waals surface area contributed by atoms with Gasteiger partial charge in [-0.15, -0.1) is 24.0 Å². The summed E-state index contributed by atoms with van der Waals surface area (Å²) in [5, 5.41) is 3.37. The Morgan fingerprint density at radius 1 is 1.13 bits per heavy atom. The van der Waals surface area contributed by atoms with Gasteiger partial charge >= 0.3 is 0 Å². The minimum Gasteiger partial charge on any atom is -0.366 e. The molecule has 170 valence electrons. The molecule has 2 heterocycles. The average Bonchev–Trinajstić information content (AvgIpc) is 2.71. The number of hydrogen-bond acceptors (Lipinski definition) is 4. The van der Waals surface area contributed by atoms with Crippen LogP contribution in [0.25, 0.3) is 0 Å². The summed E-state index contributed by atoms with van der Waals surface area (Å²) in [5.41, 5.74) is 0.659. The molecule has 1 aromatic carbocycles. The van der Waals surface area contributed by atoms with Crippen LogP contribution in [0.3, 0.4) is 0 Å². The topological polar surface area (TPSA) is 68.2 Å². The van der Waals surface area contributed by atoms with Gasteiger partial charge in [-0.3, -0.25) is 4.99 Å². The highest BCUT2D eigenvalue weighted by Gasteiger charge is 2.25. The molecule has 3 rings (SSSR count). The first-order valence-electron chi connectivity index (χ1n) is 10.4. The van der Waals surface area contributed by atoms with Crippen LogP contribution < -0.4 is 10.2 Å². The second-order valence-corrected chi connectivity index (χ2v) is 9.71. The number of piperazine rings is 1. The fourth-order valence-corrected chi connectivity index (χ4v) is 4.81. The Balaban J connectivity index is 0.00000320. The normalized spacial score (nSPS) is 19.5. The molecule has 2 aliphatic heterocycles. The van der Waals surface area contributed by atoms with Crippen LogP contribution in [0.15, 0.2) is 29.3 Å². The van der Waals surface area contributed by atoms with Gasteiger partial charge in [-0.2, -0.15) is 0 Å². The minimum absolute atomic E-state index is 0. The molecule has 1 aromatic rings. The van der Waals surface area contributed by atoms with Gasteiger partial charge in [-0.1, -0.05) is 12.1 Å². The molecule has 0 radical (unpaired) electrons. The van der Waals surface area contributed by atoms with E-state index >= 15 is 0 Å². The molecule has 0 aliphatic carbocycles. The van der Waals surface area contributed by atoms with Crippen LogP contribution in [0, 0.1) is 11.7 Å². The summed E-state index contributed by atoms with van der Waals surface area (Å²) in [7, 11) is -3.09. The summed E-state index contributed by atoms with van der Waals surface area (Å²) in [6.45, 7) is 7.77. The lowest BCUT2D eigenvalue weighted by Crippen LogP contribution is -2.53. The highest BCUT2D eigenvalue weighted by molar-refractivity contribution is 14.0. The summed E-state index contributed by atoms with van der Waals surface area (Å²) in [6, 6.07) is 6.91. The number of anilines is 1. The first-order valence-corrected chi connectivity index (χ1v) is 12.2. The van der Waals surface area contributed by atoms with Crippen molar-refractivity contribution >= 4 is 45.6 Å². The Bertz CT molecular complexity index is 807. The molecule has 30 heavy (non-hydrogen) atoms. The zero-order chi connectivity index (χ0) is 20.9. The van der Waals surface area contributed by atoms with E-state index in [0.29, 0.717) is 31.2 Å². The molecule has 0 saturated carbocycles. The molecule has 0 amide bonds. The molecule has 0 spiro atoms. The number of sulfonamides is 1. The van der Waals surface area contributed by atoms with Gasteiger partial charge in [0.15, 0.2) is 5.96 Å². The van der Waals surface area contributed by atoms with E-state index in [-0.39, 0.29) is 29.8 Å². The first-order chi connectivity index (χ1) is 13.9. The van der Waals surface area contributed by atoms with Crippen LogP contribution >= 0.6 is 24.0 Å². The highest BCUT2D eigenvalue weighted by Crippen LogP contribution is 2.21. The second-order valence-electron chi connectivity index (χ2n) is 7.73. The predicted octanol–water partition coefficient (Wildman–Crippen LogP) is 2.20. The summed E-state index contributed by atoms with van der Waals surface area (Å²) in [4.78, 5) is 9.14. The maximum atomic E-state index is 14.0. The smallest absolute Gasteiger partial charge is 0.211 e. The number of rotatable bonds is 5. The molecule has 10 heteroatoms. The monoisotopic (exact) mass is 553 g/mol. The van der Waals surface area contributed by atoms with Crippen molar-refractivity contribution in [3.63, 3.8) is 0 Å². The summed E-state index contributed by atoms with van der Waals surface area (Å²) in [6.07, 6.45) is 2.96. The molecule has 2 saturated heterocycles. The van der Waals surface area contributed by atoms with Crippen LogP contribution in [0.1, 0.15) is 19.8 Å². The fourth-order valence-electron chi connectivity index (χ4n) is 3.93. The van der Waals surface area contributed by atoms with Gasteiger partial charge in [0.05, 0.1) is 11.9 Å². The second kappa shape index (κ2) is 11.5. The predicted molar refractivity (Wildman–Crippen MR) is 131 cm³/mol. The van der Waals surface area contributed by atoms with E-state index in [1.54, 1.807) is 10.4 Å². The van der Waals surface area contributed by atoms with E-state index in [1.165, 1.54) is 12.3 Å². The number of nitrogens with zero attached hydrogens (tertiary/aromatic N) is 4. The van der Waals surface area contributed by atoms with Crippen LogP contribution in [-0.2, 0) is 10.0 Å². The lowest BCUT2D eigenvalue weighted by Gasteiger charge is -2.38. The summed E-state index contributed by atoms with van der Waals surface area (Å²) >= 11 is 0. The lowest BCUT2D eigenvalue weighted by molar-refractivity contribution is 0.279. The molecule has 0 atom stereocenters. The van der Waals surface area contributed by atoms with E-state index in [0.717, 1.165) is 51.5 Å². The van der Waals surface area contributed by atoms with Crippen LogP contribution in [-0.4, -0.2) is 82.2 Å². The van der Waals surface area contributed by atoms with Gasteiger partial charge in [0.25, 0.3) is 0 Å². The molecule has 0 bridgehead atoms. The largest absolute Gasteiger partial charge is 0.366 e. The van der Waals surface area contributed by atoms with Crippen molar-refractivity contribution in [1.82, 2.24) is 14.5 Å². The van der Waals surface area contributed by atoms with Crippen molar-refractivity contribution in [2.24, 2.45) is 10.9 Å². The van der Waals surface area contributed by atoms with Crippen molar-refractivity contribution in [2.45, 2.75) is 19.8 Å². The third kappa shape index (κ3) is 6.68. The quantitative estimate of drug-likeness (QED) is 0.344. The first kappa shape index (κ1) is 25.1. The van der Waals surface area contributed by atoms with Gasteiger partial charge in [0.1, 0.15) is 5.82 Å². The standard InChI is InChI=1S/C20H32FN5O2S.HI/c1-3-22-20(23-16-17-8-10-26(11-9-17)29(2,27)28)25-14-12-24(13-15-25)19-7-5-4-6-18(19)21;/h4-7,17H,3,8-16H2,1-2H3,(H,22,23);1H. The zero-order valence-corrected chi connectivity index (χ0v) is 20.9. The Morgan fingerprint density at radius 3 is 2.33 bits per heavy atom. The zero-order valence-electron chi connectivity index (χ0n) is 17.8. The third-order valence-electron chi connectivity index (χ3n) is 5.65. The van der Waals surface area contributed by atoms with E-state index in [9.17, 15) is 12.8 Å². The Hall–Kier alpha value is -1.14. The molecular formula is C20H33FIN5O2S. The minimum atomic E-state index is -3.09. The SMILES string of the molecule is CCNC(=NCC1CCN(S(C)(=O)=O)CC1)N1CCN(c2ccccc2F)CC1.I. The number of nitrogens with one attached hydrogen (secondary N) is 1. The van der Waals surface area contributed by atoms with Crippen LogP contribution in [0.4, 0.5) is 10.1 Å². The van der Waals surface area contributed by atoms with Crippen molar-refractivity contribution < 1.29 is 12.8 Å². The summed E-state index contributed by atoms with van der Waals surface area (Å²) < 4.78 is 38.9. The fraction of sp³-hybridized carbons (Fsp3) is 0.650. The maximum absolute atomic E-state index is 14.0. The van der Waals surface area contributed by atoms with Gasteiger partial charge < -0.3 is 15.1 Å². The number of halogens is 2. The van der Waals surface area contributed by atoms with E-state index in [4.69, 9.17) is 4.99 Å². The van der Waals surface area contributed by atoms with Crippen LogP contribution in [0.2, 0.25) is 0 Å². The van der Waals surface area contributed by atoms with Crippen molar-refractivity contribution in [3.8, 4) is 0 Å². The number of hydrogen-bond donors (Lipinski definition) is 1. The lowest BCUT2D eigenvalue weighted by atomic mass is 9.98. The molecule has 2 aliphatic rings. The van der Waals surface area contributed by atoms with Gasteiger partial charge in [0.2, 0.25) is 10.0 Å². The van der Waals surface area contributed by atoms with Gasteiger partial charge in [0, 0.05) is 52.4 Å². The van der Waals surface area contributed by atoms with Crippen molar-refractivity contribution in [1.29, 1.82) is 0 Å². The van der Waals surface area contributed by atoms with Gasteiger partial charge in [-0.05, 0) is 37.8 Å². The maximum Gasteiger partial charge on any atom is 0.211 e. The Labute approximate surface area is 196 Å². The van der Waals surface area contributed by atoms with Crippen molar-refractivity contribution in [3.05, 3.63) is 30.1 Å². The molecule has 2 fully saturated rings. The number of para-hydroxylation sites is 1. The molecule has 0 unspecified atom stereocenters. The Morgan fingerprint density at radius 2 is 1.77 bits per heavy atom.